The van der Waals surface area contributed by atoms with Gasteiger partial charge in [-0.2, -0.15) is 0 Å². The van der Waals surface area contributed by atoms with Gasteiger partial charge in [0.1, 0.15) is 0 Å². The van der Waals surface area contributed by atoms with Crippen LogP contribution >= 0.6 is 0 Å². The lowest BCUT2D eigenvalue weighted by Crippen LogP contribution is -2.48. The minimum Gasteiger partial charge on any atom is -0.459 e. The van der Waals surface area contributed by atoms with Gasteiger partial charge in [0.05, 0.1) is 6.61 Å². The molecule has 3 aliphatic rings. The number of benzene rings is 2. The van der Waals surface area contributed by atoms with Crippen molar-refractivity contribution in [2.24, 2.45) is 0 Å². The smallest absolute Gasteiger partial charge is 0.288 e. The number of piperazine rings is 1. The molecule has 1 fully saturated rings. The predicted octanol–water partition coefficient (Wildman–Crippen LogP) is 3.53. The highest BCUT2D eigenvalue weighted by molar-refractivity contribution is 5.92. The Bertz CT molecular complexity index is 1060. The topological polar surface area (TPSA) is 62.2 Å². The van der Waals surface area contributed by atoms with E-state index < -0.39 is 6.29 Å². The van der Waals surface area contributed by atoms with E-state index in [1.165, 1.54) is 27.8 Å². The second-order valence-corrected chi connectivity index (χ2v) is 9.57. The van der Waals surface area contributed by atoms with Crippen LogP contribution in [0.25, 0.3) is 11.1 Å². The van der Waals surface area contributed by atoms with Gasteiger partial charge in [0, 0.05) is 45.1 Å². The first-order valence-corrected chi connectivity index (χ1v) is 12.4. The Labute approximate surface area is 201 Å². The molecule has 2 aromatic rings. The number of likely N-dealkylation sites (N-methyl/N-ethyl adjacent to an activating group) is 1. The highest BCUT2D eigenvalue weighted by Crippen LogP contribution is 2.40. The van der Waals surface area contributed by atoms with Crippen LogP contribution in [-0.4, -0.2) is 73.5 Å². The van der Waals surface area contributed by atoms with E-state index >= 15 is 0 Å². The van der Waals surface area contributed by atoms with Crippen molar-refractivity contribution in [2.75, 3.05) is 46.4 Å². The van der Waals surface area contributed by atoms with Crippen molar-refractivity contribution in [1.29, 1.82) is 0 Å². The van der Waals surface area contributed by atoms with E-state index in [1.54, 1.807) is 0 Å². The second-order valence-electron chi connectivity index (χ2n) is 9.57. The van der Waals surface area contributed by atoms with Gasteiger partial charge >= 0.3 is 0 Å². The number of aliphatic hydroxyl groups excluding tert-OH is 1. The molecule has 0 saturated carbocycles. The number of nitrogens with zero attached hydrogens (tertiary/aromatic N) is 2. The first-order valence-electron chi connectivity index (χ1n) is 12.4. The molecule has 0 bridgehead atoms. The van der Waals surface area contributed by atoms with Crippen molar-refractivity contribution in [3.63, 3.8) is 0 Å². The van der Waals surface area contributed by atoms with E-state index in [1.807, 2.05) is 11.0 Å². The maximum absolute atomic E-state index is 13.3. The van der Waals surface area contributed by atoms with E-state index in [-0.39, 0.29) is 18.4 Å². The maximum atomic E-state index is 13.3. The molecule has 0 unspecified atom stereocenters. The summed E-state index contributed by atoms with van der Waals surface area (Å²) in [5.74, 6) is 0.407. The van der Waals surface area contributed by atoms with E-state index in [2.05, 4.69) is 54.4 Å². The van der Waals surface area contributed by atoms with Gasteiger partial charge in [0.25, 0.3) is 5.91 Å². The van der Waals surface area contributed by atoms with Gasteiger partial charge in [0.15, 0.2) is 5.76 Å². The van der Waals surface area contributed by atoms with Crippen LogP contribution in [0, 0.1) is 0 Å². The van der Waals surface area contributed by atoms with Crippen molar-refractivity contribution in [1.82, 2.24) is 9.80 Å². The average molecular weight is 463 g/mol. The zero-order chi connectivity index (χ0) is 23.5. The normalized spacial score (nSPS) is 22.1. The first kappa shape index (κ1) is 23.1. The Kier molecular flexibility index (Phi) is 6.99. The molecule has 2 heterocycles. The molecule has 1 N–H and O–H groups in total. The fourth-order valence-corrected chi connectivity index (χ4v) is 5.13. The molecule has 1 saturated heterocycles. The van der Waals surface area contributed by atoms with Gasteiger partial charge in [-0.1, -0.05) is 42.5 Å². The fraction of sp³-hybridized carbons (Fsp3) is 0.464. The summed E-state index contributed by atoms with van der Waals surface area (Å²) >= 11 is 0. The predicted molar refractivity (Wildman–Crippen MR) is 131 cm³/mol. The largest absolute Gasteiger partial charge is 0.459 e. The Morgan fingerprint density at radius 2 is 1.85 bits per heavy atom. The van der Waals surface area contributed by atoms with E-state index in [0.29, 0.717) is 38.3 Å². The summed E-state index contributed by atoms with van der Waals surface area (Å²) in [6.07, 6.45) is 4.61. The molecule has 0 aromatic heterocycles. The van der Waals surface area contributed by atoms with Crippen molar-refractivity contribution in [2.45, 2.75) is 37.9 Å². The number of rotatable bonds is 7. The third-order valence-electron chi connectivity index (χ3n) is 7.16. The summed E-state index contributed by atoms with van der Waals surface area (Å²) in [4.78, 5) is 17.4. The Hall–Kier alpha value is -2.67. The van der Waals surface area contributed by atoms with Crippen molar-refractivity contribution in [3.8, 4) is 11.1 Å². The molecule has 34 heavy (non-hydrogen) atoms. The number of aliphatic hydroxyl groups is 1. The van der Waals surface area contributed by atoms with E-state index in [4.69, 9.17) is 14.6 Å². The number of unbranched alkanes of at least 4 members (excludes halogenated alkanes) is 1. The van der Waals surface area contributed by atoms with Crippen LogP contribution in [0.15, 0.2) is 54.3 Å². The minimum atomic E-state index is -0.467. The molecule has 6 nitrogen and oxygen atoms in total. The first-order chi connectivity index (χ1) is 16.6. The SMILES string of the molecule is CN1CCN(C(=O)C2=C[C@H](c3ccc4c(c3)Cc3ccccc3-4)C[C@H](OCCCCO)O2)CC1. The molecule has 0 radical (unpaired) electrons. The number of hydrogen-bond donors (Lipinski definition) is 1. The zero-order valence-electron chi connectivity index (χ0n) is 19.9. The van der Waals surface area contributed by atoms with E-state index in [9.17, 15) is 4.79 Å². The van der Waals surface area contributed by atoms with Crippen LogP contribution in [-0.2, 0) is 20.7 Å². The lowest BCUT2D eigenvalue weighted by Gasteiger charge is -2.35. The van der Waals surface area contributed by atoms with Crippen molar-refractivity contribution < 1.29 is 19.4 Å². The highest BCUT2D eigenvalue weighted by Gasteiger charge is 2.32. The number of carbonyl (C=O) groups excluding carboxylic acids is 1. The number of amides is 1. The van der Waals surface area contributed by atoms with Crippen LogP contribution in [0.1, 0.15) is 41.9 Å². The molecule has 2 atom stereocenters. The molecule has 180 valence electrons. The van der Waals surface area contributed by atoms with Crippen molar-refractivity contribution >= 4 is 5.91 Å². The summed E-state index contributed by atoms with van der Waals surface area (Å²) in [5.41, 5.74) is 6.53. The monoisotopic (exact) mass is 462 g/mol. The van der Waals surface area contributed by atoms with Gasteiger partial charge in [-0.15, -0.1) is 0 Å². The maximum Gasteiger partial charge on any atom is 0.288 e. The molecular formula is C28H34N2O4. The number of ether oxygens (including phenoxy) is 2. The lowest BCUT2D eigenvalue weighted by atomic mass is 9.90. The second kappa shape index (κ2) is 10.3. The van der Waals surface area contributed by atoms with Crippen LogP contribution in [0.4, 0.5) is 0 Å². The summed E-state index contributed by atoms with van der Waals surface area (Å²) in [7, 11) is 2.08. The number of fused-ring (bicyclic) bond motifs is 3. The van der Waals surface area contributed by atoms with Gasteiger partial charge in [-0.05, 0) is 60.2 Å². The third-order valence-corrected chi connectivity index (χ3v) is 7.16. The van der Waals surface area contributed by atoms with Crippen molar-refractivity contribution in [3.05, 3.63) is 71.0 Å². The summed E-state index contributed by atoms with van der Waals surface area (Å²) in [5, 5.41) is 9.06. The summed E-state index contributed by atoms with van der Waals surface area (Å²) in [6, 6.07) is 15.3. The van der Waals surface area contributed by atoms with Crippen LogP contribution in [0.3, 0.4) is 0 Å². The van der Waals surface area contributed by atoms with Crippen LogP contribution < -0.4 is 0 Å². The lowest BCUT2D eigenvalue weighted by molar-refractivity contribution is -0.153. The molecule has 2 aromatic carbocycles. The van der Waals surface area contributed by atoms with Crippen LogP contribution in [0.2, 0.25) is 0 Å². The summed E-state index contributed by atoms with van der Waals surface area (Å²) in [6.45, 7) is 3.82. The Morgan fingerprint density at radius 1 is 1.06 bits per heavy atom. The molecule has 6 heteroatoms. The fourth-order valence-electron chi connectivity index (χ4n) is 5.13. The third kappa shape index (κ3) is 4.90. The van der Waals surface area contributed by atoms with Gasteiger partial charge in [-0.3, -0.25) is 4.79 Å². The average Bonchev–Trinajstić information content (AvgIpc) is 3.24. The zero-order valence-corrected chi connectivity index (χ0v) is 19.9. The van der Waals surface area contributed by atoms with Gasteiger partial charge < -0.3 is 24.4 Å². The molecular weight excluding hydrogens is 428 g/mol. The Balaban J connectivity index is 1.37. The summed E-state index contributed by atoms with van der Waals surface area (Å²) < 4.78 is 12.1. The number of hydrogen-bond acceptors (Lipinski definition) is 5. The number of carbonyl (C=O) groups is 1. The standard InChI is InChI=1S/C28H34N2O4/c1-29-10-12-30(13-11-29)28(32)26-18-22(19-27(34-26)33-15-5-4-14-31)20-8-9-25-23(16-20)17-21-6-2-3-7-24(21)25/h2-3,6-9,16,18,22,27,31H,4-5,10-15,17,19H2,1H3/t22-,27+/m0/s1. The molecule has 2 aliphatic heterocycles. The minimum absolute atomic E-state index is 0.0460. The highest BCUT2D eigenvalue weighted by atomic mass is 16.7. The quantitative estimate of drug-likeness (QED) is 0.545. The van der Waals surface area contributed by atoms with Gasteiger partial charge in [-0.25, -0.2) is 0 Å². The Morgan fingerprint density at radius 3 is 2.68 bits per heavy atom. The molecule has 5 rings (SSSR count). The molecule has 1 amide bonds. The van der Waals surface area contributed by atoms with E-state index in [0.717, 1.165) is 25.9 Å². The molecule has 0 spiro atoms. The van der Waals surface area contributed by atoms with Gasteiger partial charge in [0.2, 0.25) is 6.29 Å². The van der Waals surface area contributed by atoms with Crippen LogP contribution in [0.5, 0.6) is 0 Å². The number of allylic oxidation sites excluding steroid dienone is 1. The molecule has 1 aliphatic carbocycles.